The predicted octanol–water partition coefficient (Wildman–Crippen LogP) is 0.231. The van der Waals surface area contributed by atoms with Gasteiger partial charge < -0.3 is 5.11 Å². The third kappa shape index (κ3) is 1.77. The van der Waals surface area contributed by atoms with Crippen molar-refractivity contribution in [1.82, 2.24) is 0 Å². The maximum Gasteiger partial charge on any atom is 0.320 e. The van der Waals surface area contributed by atoms with E-state index in [-0.39, 0.29) is 0 Å². The average Bonchev–Trinajstić information content (AvgIpc) is 1.65. The Hall–Kier alpha value is -1.04. The monoisotopic (exact) mass is 99.0 g/mol. The first kappa shape index (κ1) is 5.96. The molecule has 0 fully saturated rings. The van der Waals surface area contributed by atoms with Gasteiger partial charge in [0.1, 0.15) is 5.92 Å². The van der Waals surface area contributed by atoms with Gasteiger partial charge in [0.25, 0.3) is 0 Å². The van der Waals surface area contributed by atoms with Gasteiger partial charge in [-0.3, -0.25) is 4.79 Å². The molecule has 0 aliphatic carbocycles. The van der Waals surface area contributed by atoms with Crippen molar-refractivity contribution < 1.29 is 9.90 Å². The standard InChI is InChI=1S/C4H5NO2/c1-3(2-5)4(6)7/h3H,1H3,(H,6,7). The summed E-state index contributed by atoms with van der Waals surface area (Å²) in [5, 5.41) is 15.8. The van der Waals surface area contributed by atoms with E-state index in [1.807, 2.05) is 0 Å². The first-order chi connectivity index (χ1) is 3.18. The van der Waals surface area contributed by atoms with Gasteiger partial charge in [-0.25, -0.2) is 0 Å². The molecule has 1 unspecified atom stereocenters. The van der Waals surface area contributed by atoms with Crippen LogP contribution in [0.4, 0.5) is 0 Å². The highest BCUT2D eigenvalue weighted by Crippen LogP contribution is 1.87. The van der Waals surface area contributed by atoms with Gasteiger partial charge in [-0.05, 0) is 6.92 Å². The van der Waals surface area contributed by atoms with E-state index >= 15 is 0 Å². The molecule has 1 atom stereocenters. The molecule has 0 saturated heterocycles. The van der Waals surface area contributed by atoms with Crippen molar-refractivity contribution >= 4 is 5.97 Å². The minimum absolute atomic E-state index is 0.875. The molecule has 3 heteroatoms. The molecule has 0 bridgehead atoms. The van der Waals surface area contributed by atoms with Gasteiger partial charge in [0, 0.05) is 0 Å². The van der Waals surface area contributed by atoms with Crippen LogP contribution in [0, 0.1) is 17.2 Å². The van der Waals surface area contributed by atoms with E-state index < -0.39 is 11.9 Å². The first-order valence-electron chi connectivity index (χ1n) is 1.81. The Morgan fingerprint density at radius 2 is 2.43 bits per heavy atom. The van der Waals surface area contributed by atoms with Crippen molar-refractivity contribution in [3.8, 4) is 6.07 Å². The summed E-state index contributed by atoms with van der Waals surface area (Å²) in [4.78, 5) is 9.71. The van der Waals surface area contributed by atoms with Crippen LogP contribution in [0.15, 0.2) is 0 Å². The summed E-state index contributed by atoms with van der Waals surface area (Å²) in [5.74, 6) is -1.94. The molecule has 0 saturated carbocycles. The fourth-order valence-electron chi connectivity index (χ4n) is 0.0552. The van der Waals surface area contributed by atoms with Crippen LogP contribution in [0.1, 0.15) is 6.92 Å². The second-order valence-corrected chi connectivity index (χ2v) is 1.19. The highest BCUT2D eigenvalue weighted by Gasteiger charge is 2.06. The van der Waals surface area contributed by atoms with Crippen LogP contribution < -0.4 is 0 Å². The number of hydrogen-bond donors (Lipinski definition) is 1. The molecular formula is C4H5NO2. The molecule has 0 aromatic heterocycles. The SMILES string of the molecule is CC(C#N)C(=O)O. The highest BCUT2D eigenvalue weighted by atomic mass is 16.4. The van der Waals surface area contributed by atoms with Crippen LogP contribution in [0.5, 0.6) is 0 Å². The van der Waals surface area contributed by atoms with Gasteiger partial charge in [-0.2, -0.15) is 5.26 Å². The first-order valence-corrected chi connectivity index (χ1v) is 1.81. The molecule has 0 spiro atoms. The zero-order valence-corrected chi connectivity index (χ0v) is 3.88. The van der Waals surface area contributed by atoms with Crippen molar-refractivity contribution in [2.75, 3.05) is 0 Å². The minimum atomic E-state index is -1.07. The van der Waals surface area contributed by atoms with E-state index in [0.717, 1.165) is 0 Å². The third-order valence-corrected chi connectivity index (χ3v) is 0.564. The van der Waals surface area contributed by atoms with Crippen LogP contribution in [0.3, 0.4) is 0 Å². The highest BCUT2D eigenvalue weighted by molar-refractivity contribution is 5.72. The minimum Gasteiger partial charge on any atom is -0.480 e. The number of hydrogen-bond acceptors (Lipinski definition) is 2. The van der Waals surface area contributed by atoms with E-state index in [1.54, 1.807) is 6.07 Å². The molecule has 0 radical (unpaired) electrons. The lowest BCUT2D eigenvalue weighted by Crippen LogP contribution is -2.05. The molecule has 0 aromatic carbocycles. The Kier molecular flexibility index (Phi) is 1.86. The second-order valence-electron chi connectivity index (χ2n) is 1.19. The van der Waals surface area contributed by atoms with Crippen LogP contribution in [0.2, 0.25) is 0 Å². The molecule has 0 aliphatic rings. The lowest BCUT2D eigenvalue weighted by molar-refractivity contribution is -0.139. The number of aliphatic carboxylic acids is 1. The zero-order chi connectivity index (χ0) is 5.86. The van der Waals surface area contributed by atoms with Gasteiger partial charge in [-0.15, -0.1) is 0 Å². The van der Waals surface area contributed by atoms with E-state index in [9.17, 15) is 4.79 Å². The summed E-state index contributed by atoms with van der Waals surface area (Å²) in [5.41, 5.74) is 0. The predicted molar refractivity (Wildman–Crippen MR) is 22.4 cm³/mol. The zero-order valence-electron chi connectivity index (χ0n) is 3.88. The van der Waals surface area contributed by atoms with Gasteiger partial charge in [-0.1, -0.05) is 0 Å². The Labute approximate surface area is 41.2 Å². The van der Waals surface area contributed by atoms with Crippen LogP contribution in [0.25, 0.3) is 0 Å². The summed E-state index contributed by atoms with van der Waals surface area (Å²) >= 11 is 0. The molecular weight excluding hydrogens is 94.0 g/mol. The molecule has 7 heavy (non-hydrogen) atoms. The van der Waals surface area contributed by atoms with Crippen LogP contribution in [-0.4, -0.2) is 11.1 Å². The Morgan fingerprint density at radius 1 is 2.00 bits per heavy atom. The lowest BCUT2D eigenvalue weighted by atomic mass is 10.2. The maximum atomic E-state index is 9.71. The maximum absolute atomic E-state index is 9.71. The smallest absolute Gasteiger partial charge is 0.320 e. The number of carbonyl (C=O) groups is 1. The number of nitriles is 1. The number of nitrogens with zero attached hydrogens (tertiary/aromatic N) is 1. The Bertz CT molecular complexity index is 113. The summed E-state index contributed by atoms with van der Waals surface area (Å²) in [7, 11) is 0. The normalized spacial score (nSPS) is 12.0. The Balaban J connectivity index is 3.63. The second kappa shape index (κ2) is 2.19. The number of rotatable bonds is 1. The van der Waals surface area contributed by atoms with Crippen molar-refractivity contribution in [3.05, 3.63) is 0 Å². The van der Waals surface area contributed by atoms with E-state index in [0.29, 0.717) is 0 Å². The fourth-order valence-corrected chi connectivity index (χ4v) is 0.0552. The third-order valence-electron chi connectivity index (χ3n) is 0.564. The van der Waals surface area contributed by atoms with Crippen LogP contribution in [-0.2, 0) is 4.79 Å². The lowest BCUT2D eigenvalue weighted by Gasteiger charge is -1.86. The van der Waals surface area contributed by atoms with Gasteiger partial charge in [0.05, 0.1) is 6.07 Å². The Morgan fingerprint density at radius 3 is 2.43 bits per heavy atom. The number of carboxylic acid groups (broad SMARTS) is 1. The summed E-state index contributed by atoms with van der Waals surface area (Å²) < 4.78 is 0. The van der Waals surface area contributed by atoms with E-state index in [1.165, 1.54) is 6.92 Å². The largest absolute Gasteiger partial charge is 0.480 e. The van der Waals surface area contributed by atoms with Crippen molar-refractivity contribution in [2.24, 2.45) is 5.92 Å². The molecule has 0 heterocycles. The quantitative estimate of drug-likeness (QED) is 0.511. The topological polar surface area (TPSA) is 61.1 Å². The summed E-state index contributed by atoms with van der Waals surface area (Å²) in [6.45, 7) is 1.34. The number of carboxylic acids is 1. The van der Waals surface area contributed by atoms with E-state index in [2.05, 4.69) is 0 Å². The summed E-state index contributed by atoms with van der Waals surface area (Å²) in [6, 6.07) is 1.56. The van der Waals surface area contributed by atoms with Crippen molar-refractivity contribution in [3.63, 3.8) is 0 Å². The molecule has 0 amide bonds. The molecule has 0 aliphatic heterocycles. The van der Waals surface area contributed by atoms with Gasteiger partial charge in [0.15, 0.2) is 0 Å². The molecule has 3 nitrogen and oxygen atoms in total. The molecule has 0 rings (SSSR count). The van der Waals surface area contributed by atoms with Crippen molar-refractivity contribution in [2.45, 2.75) is 6.92 Å². The summed E-state index contributed by atoms with van der Waals surface area (Å²) in [6.07, 6.45) is 0. The molecule has 38 valence electrons. The van der Waals surface area contributed by atoms with Gasteiger partial charge >= 0.3 is 5.97 Å². The van der Waals surface area contributed by atoms with Gasteiger partial charge in [0.2, 0.25) is 0 Å². The van der Waals surface area contributed by atoms with Crippen LogP contribution >= 0.6 is 0 Å². The van der Waals surface area contributed by atoms with E-state index in [4.69, 9.17) is 10.4 Å². The average molecular weight is 99.1 g/mol. The fraction of sp³-hybridized carbons (Fsp3) is 0.500. The molecule has 1 N–H and O–H groups in total. The molecule has 0 aromatic rings. The van der Waals surface area contributed by atoms with Crippen molar-refractivity contribution in [1.29, 1.82) is 5.26 Å².